The van der Waals surface area contributed by atoms with E-state index in [1.165, 1.54) is 0 Å². The predicted octanol–water partition coefficient (Wildman–Crippen LogP) is 1.93. The highest BCUT2D eigenvalue weighted by molar-refractivity contribution is 7.84. The standard InChI is InChI=1S/C13H18N2O2S/c1-3-17-7-8-18(16)10-12-9-15-11(2)5-4-6-13(15)14-12/h4-6,9H,3,7-8,10H2,1-2H3/t18-/m1/s1. The highest BCUT2D eigenvalue weighted by atomic mass is 32.2. The number of ether oxygens (including phenoxy) is 1. The van der Waals surface area contributed by atoms with Gasteiger partial charge >= 0.3 is 0 Å². The van der Waals surface area contributed by atoms with Gasteiger partial charge in [0.15, 0.2) is 0 Å². The van der Waals surface area contributed by atoms with Crippen molar-refractivity contribution in [1.82, 2.24) is 9.38 Å². The molecule has 0 spiro atoms. The molecule has 0 aliphatic rings. The average Bonchev–Trinajstić information content (AvgIpc) is 2.73. The van der Waals surface area contributed by atoms with Gasteiger partial charge < -0.3 is 9.14 Å². The van der Waals surface area contributed by atoms with Gasteiger partial charge in [-0.25, -0.2) is 4.98 Å². The number of imidazole rings is 1. The summed E-state index contributed by atoms with van der Waals surface area (Å²) in [7, 11) is -0.907. The summed E-state index contributed by atoms with van der Waals surface area (Å²) < 4.78 is 19.1. The van der Waals surface area contributed by atoms with Crippen molar-refractivity contribution in [1.29, 1.82) is 0 Å². The zero-order valence-corrected chi connectivity index (χ0v) is 11.6. The smallest absolute Gasteiger partial charge is 0.137 e. The largest absolute Gasteiger partial charge is 0.381 e. The van der Waals surface area contributed by atoms with Gasteiger partial charge in [0.2, 0.25) is 0 Å². The Morgan fingerprint density at radius 2 is 2.28 bits per heavy atom. The average molecular weight is 266 g/mol. The summed E-state index contributed by atoms with van der Waals surface area (Å²) in [5.41, 5.74) is 2.91. The van der Waals surface area contributed by atoms with Crippen LogP contribution in [0, 0.1) is 6.92 Å². The molecule has 1 atom stereocenters. The number of fused-ring (bicyclic) bond motifs is 1. The maximum absolute atomic E-state index is 11.8. The van der Waals surface area contributed by atoms with E-state index < -0.39 is 10.8 Å². The minimum atomic E-state index is -0.907. The highest BCUT2D eigenvalue weighted by Gasteiger charge is 2.07. The lowest BCUT2D eigenvalue weighted by atomic mass is 10.4. The van der Waals surface area contributed by atoms with Crippen LogP contribution in [-0.2, 0) is 21.3 Å². The van der Waals surface area contributed by atoms with Crippen molar-refractivity contribution < 1.29 is 8.95 Å². The Balaban J connectivity index is 2.03. The molecule has 2 aromatic heterocycles. The second kappa shape index (κ2) is 6.11. The Labute approximate surface area is 109 Å². The molecule has 2 aromatic rings. The lowest BCUT2D eigenvalue weighted by molar-refractivity contribution is 0.164. The molecule has 0 aromatic carbocycles. The van der Waals surface area contributed by atoms with E-state index in [0.29, 0.717) is 24.7 Å². The Morgan fingerprint density at radius 3 is 3.00 bits per heavy atom. The number of pyridine rings is 1. The van der Waals surface area contributed by atoms with Gasteiger partial charge in [-0.1, -0.05) is 6.07 Å². The SMILES string of the molecule is CCOCC[S@@](=O)Cc1cn2c(C)cccc2n1. The first-order valence-corrected chi connectivity index (χ1v) is 7.56. The van der Waals surface area contributed by atoms with E-state index in [1.54, 1.807) is 0 Å². The van der Waals surface area contributed by atoms with Gasteiger partial charge in [0, 0.05) is 35.1 Å². The van der Waals surface area contributed by atoms with Crippen molar-refractivity contribution in [3.05, 3.63) is 35.8 Å². The van der Waals surface area contributed by atoms with Crippen LogP contribution in [0.4, 0.5) is 0 Å². The summed E-state index contributed by atoms with van der Waals surface area (Å²) in [6.45, 7) is 5.19. The van der Waals surface area contributed by atoms with Crippen LogP contribution in [-0.4, -0.2) is 32.6 Å². The molecule has 18 heavy (non-hydrogen) atoms. The second-order valence-corrected chi connectivity index (χ2v) is 5.69. The van der Waals surface area contributed by atoms with Gasteiger partial charge in [-0.3, -0.25) is 4.21 Å². The van der Waals surface area contributed by atoms with Crippen LogP contribution in [0.2, 0.25) is 0 Å². The van der Waals surface area contributed by atoms with Gasteiger partial charge in [-0.2, -0.15) is 0 Å². The Bertz CT molecular complexity index is 551. The van der Waals surface area contributed by atoms with Crippen LogP contribution in [0.1, 0.15) is 18.3 Å². The number of aromatic nitrogens is 2. The topological polar surface area (TPSA) is 43.6 Å². The third kappa shape index (κ3) is 3.17. The van der Waals surface area contributed by atoms with Gasteiger partial charge in [0.05, 0.1) is 18.1 Å². The molecule has 2 rings (SSSR count). The van der Waals surface area contributed by atoms with Crippen LogP contribution in [0.25, 0.3) is 5.65 Å². The molecule has 0 unspecified atom stereocenters. The molecule has 0 bridgehead atoms. The molecular formula is C13H18N2O2S. The minimum Gasteiger partial charge on any atom is -0.381 e. The van der Waals surface area contributed by atoms with E-state index in [9.17, 15) is 4.21 Å². The van der Waals surface area contributed by atoms with Gasteiger partial charge in [0.25, 0.3) is 0 Å². The monoisotopic (exact) mass is 266 g/mol. The molecule has 98 valence electrons. The van der Waals surface area contributed by atoms with Crippen molar-refractivity contribution in [2.45, 2.75) is 19.6 Å². The molecule has 0 fully saturated rings. The third-order valence-corrected chi connectivity index (χ3v) is 3.95. The van der Waals surface area contributed by atoms with Crippen LogP contribution in [0.5, 0.6) is 0 Å². The Hall–Kier alpha value is -1.20. The Morgan fingerprint density at radius 1 is 1.44 bits per heavy atom. The van der Waals surface area contributed by atoms with E-state index in [1.807, 2.05) is 42.6 Å². The number of nitrogens with zero attached hydrogens (tertiary/aromatic N) is 2. The molecule has 0 radical (unpaired) electrons. The molecular weight excluding hydrogens is 248 g/mol. The van der Waals surface area contributed by atoms with Crippen LogP contribution < -0.4 is 0 Å². The van der Waals surface area contributed by atoms with E-state index >= 15 is 0 Å². The van der Waals surface area contributed by atoms with Crippen LogP contribution >= 0.6 is 0 Å². The molecule has 2 heterocycles. The quantitative estimate of drug-likeness (QED) is 0.750. The summed E-state index contributed by atoms with van der Waals surface area (Å²) in [6, 6.07) is 5.97. The fraction of sp³-hybridized carbons (Fsp3) is 0.462. The van der Waals surface area contributed by atoms with Crippen molar-refractivity contribution in [2.24, 2.45) is 0 Å². The molecule has 4 nitrogen and oxygen atoms in total. The van der Waals surface area contributed by atoms with Crippen molar-refractivity contribution >= 4 is 16.4 Å². The first-order chi connectivity index (χ1) is 8.70. The summed E-state index contributed by atoms with van der Waals surface area (Å²) in [4.78, 5) is 4.47. The predicted molar refractivity (Wildman–Crippen MR) is 73.1 cm³/mol. The number of rotatable bonds is 6. The number of hydrogen-bond donors (Lipinski definition) is 0. The normalized spacial score (nSPS) is 13.0. The molecule has 0 N–H and O–H groups in total. The van der Waals surface area contributed by atoms with Crippen LogP contribution in [0.15, 0.2) is 24.4 Å². The zero-order valence-electron chi connectivity index (χ0n) is 10.8. The highest BCUT2D eigenvalue weighted by Crippen LogP contribution is 2.10. The van der Waals surface area contributed by atoms with Gasteiger partial charge in [-0.15, -0.1) is 0 Å². The summed E-state index contributed by atoms with van der Waals surface area (Å²) in [6.07, 6.45) is 1.96. The van der Waals surface area contributed by atoms with Crippen molar-refractivity contribution in [3.63, 3.8) is 0 Å². The number of aryl methyl sites for hydroxylation is 1. The lowest BCUT2D eigenvalue weighted by Crippen LogP contribution is -2.08. The summed E-state index contributed by atoms with van der Waals surface area (Å²) in [5.74, 6) is 1.06. The summed E-state index contributed by atoms with van der Waals surface area (Å²) in [5, 5.41) is 0. The molecule has 0 saturated heterocycles. The second-order valence-electron chi connectivity index (χ2n) is 4.11. The number of hydrogen-bond acceptors (Lipinski definition) is 3. The fourth-order valence-corrected chi connectivity index (χ4v) is 2.72. The van der Waals surface area contributed by atoms with Gasteiger partial charge in [0.1, 0.15) is 5.65 Å². The summed E-state index contributed by atoms with van der Waals surface area (Å²) >= 11 is 0. The van der Waals surface area contributed by atoms with E-state index in [2.05, 4.69) is 4.98 Å². The maximum Gasteiger partial charge on any atom is 0.137 e. The van der Waals surface area contributed by atoms with Gasteiger partial charge in [-0.05, 0) is 26.0 Å². The molecule has 5 heteroatoms. The maximum atomic E-state index is 11.8. The van der Waals surface area contributed by atoms with E-state index in [0.717, 1.165) is 17.0 Å². The first kappa shape index (κ1) is 13.2. The molecule has 0 aliphatic carbocycles. The zero-order chi connectivity index (χ0) is 13.0. The Kier molecular flexibility index (Phi) is 4.49. The van der Waals surface area contributed by atoms with Crippen LogP contribution in [0.3, 0.4) is 0 Å². The molecule has 0 saturated carbocycles. The fourth-order valence-electron chi connectivity index (χ4n) is 1.80. The first-order valence-electron chi connectivity index (χ1n) is 6.07. The molecule has 0 amide bonds. The van der Waals surface area contributed by atoms with Crippen molar-refractivity contribution in [3.8, 4) is 0 Å². The minimum absolute atomic E-state index is 0.494. The van der Waals surface area contributed by atoms with E-state index in [4.69, 9.17) is 4.74 Å². The van der Waals surface area contributed by atoms with Crippen molar-refractivity contribution in [2.75, 3.05) is 19.0 Å². The molecule has 0 aliphatic heterocycles. The lowest BCUT2D eigenvalue weighted by Gasteiger charge is -2.00. The third-order valence-electron chi connectivity index (χ3n) is 2.71. The van der Waals surface area contributed by atoms with E-state index in [-0.39, 0.29) is 0 Å².